The number of aromatic nitrogens is 3. The molecule has 0 aliphatic heterocycles. The van der Waals surface area contributed by atoms with Gasteiger partial charge >= 0.3 is 0 Å². The third-order valence-electron chi connectivity index (χ3n) is 2.83. The molecule has 90 valence electrons. The van der Waals surface area contributed by atoms with Crippen molar-refractivity contribution in [3.63, 3.8) is 0 Å². The van der Waals surface area contributed by atoms with Crippen LogP contribution < -0.4 is 5.32 Å². The summed E-state index contributed by atoms with van der Waals surface area (Å²) in [6, 6.07) is 6.38. The first-order chi connectivity index (χ1) is 8.31. The summed E-state index contributed by atoms with van der Waals surface area (Å²) >= 11 is 0. The van der Waals surface area contributed by atoms with E-state index in [9.17, 15) is 0 Å². The summed E-state index contributed by atoms with van der Waals surface area (Å²) in [7, 11) is 0. The van der Waals surface area contributed by atoms with Crippen molar-refractivity contribution in [2.45, 2.75) is 33.0 Å². The van der Waals surface area contributed by atoms with Crippen LogP contribution in [0.25, 0.3) is 0 Å². The Morgan fingerprint density at radius 1 is 1.35 bits per heavy atom. The van der Waals surface area contributed by atoms with Gasteiger partial charge in [0.25, 0.3) is 0 Å². The van der Waals surface area contributed by atoms with Gasteiger partial charge in [0.15, 0.2) is 0 Å². The zero-order valence-electron chi connectivity index (χ0n) is 10.3. The highest BCUT2D eigenvalue weighted by molar-refractivity contribution is 5.10. The van der Waals surface area contributed by atoms with Crippen LogP contribution in [-0.2, 0) is 13.1 Å². The Morgan fingerprint density at radius 3 is 2.94 bits per heavy atom. The molecule has 0 aliphatic carbocycles. The van der Waals surface area contributed by atoms with Crippen LogP contribution in [0.1, 0.15) is 31.1 Å². The van der Waals surface area contributed by atoms with Crippen molar-refractivity contribution in [2.75, 3.05) is 0 Å². The number of aryl methyl sites for hydroxylation is 1. The molecule has 0 saturated heterocycles. The predicted octanol–water partition coefficient (Wildman–Crippen LogP) is 2.15. The molecular weight excluding hydrogens is 212 g/mol. The predicted molar refractivity (Wildman–Crippen MR) is 67.4 cm³/mol. The maximum atomic E-state index is 4.28. The molecule has 0 saturated carbocycles. The van der Waals surface area contributed by atoms with Gasteiger partial charge in [0, 0.05) is 37.7 Å². The lowest BCUT2D eigenvalue weighted by atomic mass is 10.2. The van der Waals surface area contributed by atoms with Crippen LogP contribution in [0.3, 0.4) is 0 Å². The molecule has 2 rings (SSSR count). The summed E-state index contributed by atoms with van der Waals surface area (Å²) < 4.78 is 2.01. The van der Waals surface area contributed by atoms with Gasteiger partial charge in [-0.3, -0.25) is 9.67 Å². The molecule has 0 bridgehead atoms. The zero-order valence-corrected chi connectivity index (χ0v) is 10.3. The fraction of sp³-hybridized carbons (Fsp3) is 0.385. The number of rotatable bonds is 5. The second kappa shape index (κ2) is 5.59. The minimum absolute atomic E-state index is 0.289. The number of nitrogens with one attached hydrogen (secondary N) is 1. The van der Waals surface area contributed by atoms with Gasteiger partial charge in [0.05, 0.1) is 5.69 Å². The molecule has 2 aromatic rings. The molecule has 1 N–H and O–H groups in total. The van der Waals surface area contributed by atoms with E-state index in [0.717, 1.165) is 13.1 Å². The van der Waals surface area contributed by atoms with Crippen molar-refractivity contribution in [1.29, 1.82) is 0 Å². The van der Waals surface area contributed by atoms with Crippen LogP contribution in [0.5, 0.6) is 0 Å². The quantitative estimate of drug-likeness (QED) is 0.855. The maximum Gasteiger partial charge on any atom is 0.0550 e. The Hall–Kier alpha value is -1.68. The van der Waals surface area contributed by atoms with Gasteiger partial charge in [-0.25, -0.2) is 0 Å². The molecule has 4 heteroatoms. The number of pyridine rings is 1. The Morgan fingerprint density at radius 2 is 2.24 bits per heavy atom. The SMILES string of the molecule is CCn1nccc1C(C)NCc1cccnc1. The van der Waals surface area contributed by atoms with Gasteiger partial charge < -0.3 is 5.32 Å². The molecule has 4 nitrogen and oxygen atoms in total. The monoisotopic (exact) mass is 230 g/mol. The van der Waals surface area contributed by atoms with Crippen LogP contribution in [0.15, 0.2) is 36.8 Å². The first-order valence-electron chi connectivity index (χ1n) is 5.95. The van der Waals surface area contributed by atoms with Crippen LogP contribution >= 0.6 is 0 Å². The van der Waals surface area contributed by atoms with Crippen LogP contribution in [-0.4, -0.2) is 14.8 Å². The van der Waals surface area contributed by atoms with E-state index in [-0.39, 0.29) is 6.04 Å². The molecule has 0 fully saturated rings. The van der Waals surface area contributed by atoms with E-state index in [1.807, 2.05) is 23.1 Å². The van der Waals surface area contributed by atoms with Crippen molar-refractivity contribution < 1.29 is 0 Å². The number of nitrogens with zero attached hydrogens (tertiary/aromatic N) is 3. The van der Waals surface area contributed by atoms with Gasteiger partial charge in [0.2, 0.25) is 0 Å². The van der Waals surface area contributed by atoms with E-state index in [1.165, 1.54) is 11.3 Å². The van der Waals surface area contributed by atoms with Crippen molar-refractivity contribution in [2.24, 2.45) is 0 Å². The van der Waals surface area contributed by atoms with Crippen molar-refractivity contribution in [1.82, 2.24) is 20.1 Å². The van der Waals surface area contributed by atoms with Crippen molar-refractivity contribution >= 4 is 0 Å². The van der Waals surface area contributed by atoms with E-state index in [1.54, 1.807) is 6.20 Å². The topological polar surface area (TPSA) is 42.7 Å². The van der Waals surface area contributed by atoms with Gasteiger partial charge in [-0.15, -0.1) is 0 Å². The molecule has 1 atom stereocenters. The Kier molecular flexibility index (Phi) is 3.88. The standard InChI is InChI=1S/C13H18N4/c1-3-17-13(6-8-16-17)11(2)15-10-12-5-4-7-14-9-12/h4-9,11,15H,3,10H2,1-2H3. The van der Waals surface area contributed by atoms with Gasteiger partial charge in [-0.2, -0.15) is 5.10 Å². The van der Waals surface area contributed by atoms with E-state index >= 15 is 0 Å². The Labute approximate surface area is 102 Å². The third kappa shape index (κ3) is 2.91. The summed E-state index contributed by atoms with van der Waals surface area (Å²) in [5.41, 5.74) is 2.42. The van der Waals surface area contributed by atoms with Gasteiger partial charge in [-0.1, -0.05) is 6.07 Å². The molecule has 1 unspecified atom stereocenters. The summed E-state index contributed by atoms with van der Waals surface area (Å²) in [5.74, 6) is 0. The average molecular weight is 230 g/mol. The molecule has 17 heavy (non-hydrogen) atoms. The van der Waals surface area contributed by atoms with E-state index < -0.39 is 0 Å². The summed E-state index contributed by atoms with van der Waals surface area (Å²) in [4.78, 5) is 4.10. The molecular formula is C13H18N4. The first-order valence-corrected chi connectivity index (χ1v) is 5.95. The number of hydrogen-bond acceptors (Lipinski definition) is 3. The highest BCUT2D eigenvalue weighted by atomic mass is 15.3. The van der Waals surface area contributed by atoms with E-state index in [4.69, 9.17) is 0 Å². The largest absolute Gasteiger partial charge is 0.305 e. The minimum atomic E-state index is 0.289. The Balaban J connectivity index is 1.96. The van der Waals surface area contributed by atoms with Crippen LogP contribution in [0, 0.1) is 0 Å². The molecule has 2 heterocycles. The van der Waals surface area contributed by atoms with Crippen molar-refractivity contribution in [3.05, 3.63) is 48.0 Å². The normalized spacial score (nSPS) is 12.6. The smallest absolute Gasteiger partial charge is 0.0550 e. The van der Waals surface area contributed by atoms with Crippen molar-refractivity contribution in [3.8, 4) is 0 Å². The van der Waals surface area contributed by atoms with Gasteiger partial charge in [-0.05, 0) is 31.5 Å². The lowest BCUT2D eigenvalue weighted by Crippen LogP contribution is -2.21. The second-order valence-corrected chi connectivity index (χ2v) is 4.04. The highest BCUT2D eigenvalue weighted by Crippen LogP contribution is 2.12. The first kappa shape index (κ1) is 11.8. The molecule has 0 aliphatic rings. The molecule has 0 spiro atoms. The molecule has 0 aromatic carbocycles. The highest BCUT2D eigenvalue weighted by Gasteiger charge is 2.09. The molecule has 0 radical (unpaired) electrons. The Bertz CT molecular complexity index is 449. The van der Waals surface area contributed by atoms with E-state index in [0.29, 0.717) is 0 Å². The molecule has 0 amide bonds. The maximum absolute atomic E-state index is 4.28. The fourth-order valence-electron chi connectivity index (χ4n) is 1.85. The summed E-state index contributed by atoms with van der Waals surface area (Å²) in [6.45, 7) is 5.98. The number of hydrogen-bond donors (Lipinski definition) is 1. The molecule has 2 aromatic heterocycles. The van der Waals surface area contributed by atoms with Gasteiger partial charge in [0.1, 0.15) is 0 Å². The summed E-state index contributed by atoms with van der Waals surface area (Å²) in [6.07, 6.45) is 5.52. The summed E-state index contributed by atoms with van der Waals surface area (Å²) in [5, 5.41) is 7.75. The van der Waals surface area contributed by atoms with E-state index in [2.05, 4.69) is 41.4 Å². The lowest BCUT2D eigenvalue weighted by molar-refractivity contribution is 0.509. The van der Waals surface area contributed by atoms with Crippen LogP contribution in [0.2, 0.25) is 0 Å². The zero-order chi connectivity index (χ0) is 12.1. The second-order valence-electron chi connectivity index (χ2n) is 4.04. The minimum Gasteiger partial charge on any atom is -0.305 e. The average Bonchev–Trinajstić information content (AvgIpc) is 2.85. The van der Waals surface area contributed by atoms with Crippen LogP contribution in [0.4, 0.5) is 0 Å². The third-order valence-corrected chi connectivity index (χ3v) is 2.83. The lowest BCUT2D eigenvalue weighted by Gasteiger charge is -2.15. The fourth-order valence-corrected chi connectivity index (χ4v) is 1.85.